The number of rotatable bonds is 7. The molecule has 184 valence electrons. The molecule has 0 unspecified atom stereocenters. The van der Waals surface area contributed by atoms with E-state index in [1.165, 1.54) is 12.8 Å². The lowest BCUT2D eigenvalue weighted by molar-refractivity contribution is 0.312. The van der Waals surface area contributed by atoms with Gasteiger partial charge in [-0.05, 0) is 49.6 Å². The molecule has 0 spiro atoms. The summed E-state index contributed by atoms with van der Waals surface area (Å²) in [6.07, 6.45) is 10.2. The van der Waals surface area contributed by atoms with Crippen molar-refractivity contribution in [3.8, 4) is 11.3 Å². The number of hydrogen-bond acceptors (Lipinski definition) is 8. The van der Waals surface area contributed by atoms with E-state index in [0.717, 1.165) is 77.1 Å². The zero-order chi connectivity index (χ0) is 24.6. The van der Waals surface area contributed by atoms with Gasteiger partial charge in [-0.2, -0.15) is 0 Å². The number of fused-ring (bicyclic) bond motifs is 1. The number of nitrogens with two attached hydrogens (primary N) is 1. The van der Waals surface area contributed by atoms with Crippen LogP contribution >= 0.6 is 0 Å². The molecule has 4 aromatic rings. The summed E-state index contributed by atoms with van der Waals surface area (Å²) >= 11 is 0. The van der Waals surface area contributed by atoms with Crippen LogP contribution in [0, 0.1) is 5.92 Å². The molecule has 6 rings (SSSR count). The molecular formula is C27H31N9. The number of aromatic nitrogens is 5. The van der Waals surface area contributed by atoms with Gasteiger partial charge in [0.25, 0.3) is 0 Å². The Morgan fingerprint density at radius 3 is 2.78 bits per heavy atom. The Hall–Kier alpha value is -3.98. The van der Waals surface area contributed by atoms with Gasteiger partial charge in [-0.25, -0.2) is 9.97 Å². The SMILES string of the molecule is C=C(Nc1cncc(-c2cc(Cc3nc4c(N5CCN(C)CC5)nccc4[nH]3)c(N)cn2)c1)C1CC1. The third-order valence-corrected chi connectivity index (χ3v) is 7.02. The molecule has 4 aromatic heterocycles. The van der Waals surface area contributed by atoms with Crippen LogP contribution in [0.4, 0.5) is 17.2 Å². The summed E-state index contributed by atoms with van der Waals surface area (Å²) in [6.45, 7) is 8.08. The number of anilines is 3. The zero-order valence-corrected chi connectivity index (χ0v) is 20.5. The molecule has 36 heavy (non-hydrogen) atoms. The van der Waals surface area contributed by atoms with Crippen molar-refractivity contribution in [2.75, 3.05) is 49.2 Å². The number of allylic oxidation sites excluding steroid dienone is 1. The molecular weight excluding hydrogens is 450 g/mol. The summed E-state index contributed by atoms with van der Waals surface area (Å²) in [6, 6.07) is 6.06. The summed E-state index contributed by atoms with van der Waals surface area (Å²) in [5.41, 5.74) is 13.6. The lowest BCUT2D eigenvalue weighted by Gasteiger charge is -2.33. The second-order valence-electron chi connectivity index (χ2n) is 9.84. The van der Waals surface area contributed by atoms with E-state index in [4.69, 9.17) is 10.7 Å². The van der Waals surface area contributed by atoms with Crippen molar-refractivity contribution in [2.45, 2.75) is 19.3 Å². The smallest absolute Gasteiger partial charge is 0.156 e. The van der Waals surface area contributed by atoms with Crippen molar-refractivity contribution >= 4 is 28.2 Å². The van der Waals surface area contributed by atoms with Crippen LogP contribution in [0.15, 0.2) is 55.3 Å². The fourth-order valence-electron chi connectivity index (χ4n) is 4.67. The van der Waals surface area contributed by atoms with E-state index in [1.54, 1.807) is 6.20 Å². The normalized spacial score (nSPS) is 16.4. The molecule has 1 saturated heterocycles. The number of aromatic amines is 1. The fourth-order valence-corrected chi connectivity index (χ4v) is 4.67. The Balaban J connectivity index is 1.25. The summed E-state index contributed by atoms with van der Waals surface area (Å²) in [7, 11) is 2.15. The first-order valence-electron chi connectivity index (χ1n) is 12.5. The molecule has 1 aliphatic carbocycles. The second-order valence-corrected chi connectivity index (χ2v) is 9.84. The molecule has 1 saturated carbocycles. The molecule has 1 aliphatic heterocycles. The molecule has 9 heteroatoms. The first-order chi connectivity index (χ1) is 17.5. The number of hydrogen-bond donors (Lipinski definition) is 3. The van der Waals surface area contributed by atoms with Crippen molar-refractivity contribution in [1.82, 2.24) is 29.8 Å². The molecule has 9 nitrogen and oxygen atoms in total. The monoisotopic (exact) mass is 481 g/mol. The van der Waals surface area contributed by atoms with Gasteiger partial charge in [-0.1, -0.05) is 6.58 Å². The highest BCUT2D eigenvalue weighted by molar-refractivity contribution is 5.86. The van der Waals surface area contributed by atoms with Crippen LogP contribution < -0.4 is 16.0 Å². The third kappa shape index (κ3) is 4.61. The van der Waals surface area contributed by atoms with Crippen molar-refractivity contribution in [3.05, 3.63) is 66.7 Å². The Morgan fingerprint density at radius 1 is 1.14 bits per heavy atom. The predicted octanol–water partition coefficient (Wildman–Crippen LogP) is 3.68. The number of piperazine rings is 1. The molecule has 0 radical (unpaired) electrons. The topological polar surface area (TPSA) is 112 Å². The van der Waals surface area contributed by atoms with Crippen LogP contribution in [-0.4, -0.2) is 63.0 Å². The Morgan fingerprint density at radius 2 is 1.97 bits per heavy atom. The summed E-state index contributed by atoms with van der Waals surface area (Å²) < 4.78 is 0. The maximum Gasteiger partial charge on any atom is 0.156 e. The summed E-state index contributed by atoms with van der Waals surface area (Å²) in [5, 5.41) is 3.39. The highest BCUT2D eigenvalue weighted by Gasteiger charge is 2.24. The van der Waals surface area contributed by atoms with Crippen LogP contribution in [0.2, 0.25) is 0 Å². The average Bonchev–Trinajstić information content (AvgIpc) is 3.66. The molecule has 5 heterocycles. The number of H-pyrrole nitrogens is 1. The average molecular weight is 482 g/mol. The highest BCUT2D eigenvalue weighted by atomic mass is 15.3. The first-order valence-corrected chi connectivity index (χ1v) is 12.5. The third-order valence-electron chi connectivity index (χ3n) is 7.02. The van der Waals surface area contributed by atoms with Gasteiger partial charge in [-0.3, -0.25) is 9.97 Å². The van der Waals surface area contributed by atoms with Crippen LogP contribution in [0.25, 0.3) is 22.3 Å². The number of imidazole rings is 1. The standard InChI is InChI=1S/C27H31N9/c1-17(18-3-4-18)32-21-11-20(14-29-15-21)24-12-19(22(28)16-31-24)13-25-33-23-5-6-30-27(26(23)34-25)36-9-7-35(2)8-10-36/h5-6,11-12,14-16,18,32H,1,3-4,7-10,13,28H2,2H3,(H,33,34). The van der Waals surface area contributed by atoms with E-state index in [0.29, 0.717) is 18.0 Å². The van der Waals surface area contributed by atoms with Crippen LogP contribution in [0.1, 0.15) is 24.2 Å². The van der Waals surface area contributed by atoms with Crippen LogP contribution in [0.5, 0.6) is 0 Å². The lowest BCUT2D eigenvalue weighted by atomic mass is 10.1. The molecule has 2 aliphatic rings. The second kappa shape index (κ2) is 9.23. The van der Waals surface area contributed by atoms with Gasteiger partial charge in [-0.15, -0.1) is 0 Å². The van der Waals surface area contributed by atoms with Gasteiger partial charge >= 0.3 is 0 Å². The maximum atomic E-state index is 6.34. The quantitative estimate of drug-likeness (QED) is 0.367. The number of nitrogens with one attached hydrogen (secondary N) is 2. The summed E-state index contributed by atoms with van der Waals surface area (Å²) in [5.74, 6) is 2.37. The molecule has 0 atom stereocenters. The minimum absolute atomic E-state index is 0.571. The van der Waals surface area contributed by atoms with Gasteiger partial charge in [0, 0.05) is 56.3 Å². The Labute approximate surface area is 210 Å². The van der Waals surface area contributed by atoms with E-state index in [2.05, 4.69) is 54.7 Å². The largest absolute Gasteiger partial charge is 0.397 e. The minimum Gasteiger partial charge on any atom is -0.397 e. The van der Waals surface area contributed by atoms with Crippen molar-refractivity contribution in [3.63, 3.8) is 0 Å². The van der Waals surface area contributed by atoms with E-state index >= 15 is 0 Å². The molecule has 0 bridgehead atoms. The van der Waals surface area contributed by atoms with Gasteiger partial charge in [0.1, 0.15) is 11.3 Å². The van der Waals surface area contributed by atoms with Crippen LogP contribution in [-0.2, 0) is 6.42 Å². The van der Waals surface area contributed by atoms with Crippen molar-refractivity contribution in [2.24, 2.45) is 5.92 Å². The first kappa shape index (κ1) is 22.5. The van der Waals surface area contributed by atoms with Crippen molar-refractivity contribution in [1.29, 1.82) is 0 Å². The Bertz CT molecular complexity index is 1410. The van der Waals surface area contributed by atoms with Crippen LogP contribution in [0.3, 0.4) is 0 Å². The van der Waals surface area contributed by atoms with E-state index in [1.807, 2.05) is 30.7 Å². The number of likely N-dealkylation sites (N-methyl/N-ethyl adjacent to an activating group) is 1. The molecule has 4 N–H and O–H groups in total. The Kier molecular flexibility index (Phi) is 5.77. The number of nitrogens with zero attached hydrogens (tertiary/aromatic N) is 6. The zero-order valence-electron chi connectivity index (χ0n) is 20.5. The maximum absolute atomic E-state index is 6.34. The van der Waals surface area contributed by atoms with Gasteiger partial charge in [0.2, 0.25) is 0 Å². The van der Waals surface area contributed by atoms with E-state index in [9.17, 15) is 0 Å². The van der Waals surface area contributed by atoms with E-state index in [-0.39, 0.29) is 0 Å². The van der Waals surface area contributed by atoms with Gasteiger partial charge in [0.05, 0.1) is 35.0 Å². The lowest BCUT2D eigenvalue weighted by Crippen LogP contribution is -2.44. The molecule has 0 amide bonds. The summed E-state index contributed by atoms with van der Waals surface area (Å²) in [4.78, 5) is 26.7. The minimum atomic E-state index is 0.571. The predicted molar refractivity (Wildman–Crippen MR) is 144 cm³/mol. The number of nitrogen functional groups attached to an aromatic ring is 1. The molecule has 2 fully saturated rings. The number of pyridine rings is 3. The van der Waals surface area contributed by atoms with Crippen molar-refractivity contribution < 1.29 is 0 Å². The van der Waals surface area contributed by atoms with E-state index < -0.39 is 0 Å². The highest BCUT2D eigenvalue weighted by Crippen LogP contribution is 2.36. The van der Waals surface area contributed by atoms with Gasteiger partial charge < -0.3 is 25.8 Å². The molecule has 0 aromatic carbocycles. The van der Waals surface area contributed by atoms with Gasteiger partial charge in [0.15, 0.2) is 5.82 Å². The fraction of sp³-hybridized carbons (Fsp3) is 0.333.